The monoisotopic (exact) mass is 406 g/mol. The molecule has 32 heavy (non-hydrogen) atoms. The summed E-state index contributed by atoms with van der Waals surface area (Å²) in [7, 11) is 0. The minimum absolute atomic E-state index is 0.265. The molecule has 3 aliphatic rings. The maximum atomic E-state index is 2.40. The van der Waals surface area contributed by atoms with Crippen molar-refractivity contribution in [3.63, 3.8) is 0 Å². The molecule has 3 aliphatic carbocycles. The summed E-state index contributed by atoms with van der Waals surface area (Å²) in [6.07, 6.45) is 0. The highest BCUT2D eigenvalue weighted by atomic mass is 14.4. The van der Waals surface area contributed by atoms with Crippen molar-refractivity contribution >= 4 is 0 Å². The van der Waals surface area contributed by atoms with E-state index in [4.69, 9.17) is 0 Å². The van der Waals surface area contributed by atoms with Crippen LogP contribution in [0.5, 0.6) is 0 Å². The van der Waals surface area contributed by atoms with Gasteiger partial charge in [0.2, 0.25) is 0 Å². The first kappa shape index (κ1) is 17.7. The van der Waals surface area contributed by atoms with Crippen molar-refractivity contribution in [3.05, 3.63) is 155 Å². The van der Waals surface area contributed by atoms with Crippen molar-refractivity contribution in [2.45, 2.75) is 11.8 Å². The largest absolute Gasteiger partial charge is 0.0622 e. The Bertz CT molecular complexity index is 1410. The van der Waals surface area contributed by atoms with Gasteiger partial charge in [-0.2, -0.15) is 0 Å². The first-order valence-corrected chi connectivity index (χ1v) is 11.4. The summed E-state index contributed by atoms with van der Waals surface area (Å²) in [4.78, 5) is 0. The van der Waals surface area contributed by atoms with Gasteiger partial charge in [-0.3, -0.25) is 0 Å². The average Bonchev–Trinajstić information content (AvgIpc) is 2.88. The van der Waals surface area contributed by atoms with Gasteiger partial charge in [0.15, 0.2) is 0 Å². The van der Waals surface area contributed by atoms with E-state index in [1.807, 2.05) is 0 Å². The zero-order chi connectivity index (χ0) is 21.1. The molecule has 0 amide bonds. The van der Waals surface area contributed by atoms with Crippen molar-refractivity contribution in [1.82, 2.24) is 0 Å². The summed E-state index contributed by atoms with van der Waals surface area (Å²) in [6, 6.07) is 44.7. The van der Waals surface area contributed by atoms with Gasteiger partial charge < -0.3 is 0 Å². The van der Waals surface area contributed by atoms with E-state index in [1.165, 1.54) is 55.6 Å². The molecular weight excluding hydrogens is 384 g/mol. The van der Waals surface area contributed by atoms with E-state index in [-0.39, 0.29) is 5.92 Å². The summed E-state index contributed by atoms with van der Waals surface area (Å²) in [5, 5.41) is 0. The SMILES string of the molecule is c1ccc(-c2ccc3c(c2-c2ccccc2)C2c4ccccc4C3c3ccccc32)cc1. The van der Waals surface area contributed by atoms with E-state index in [2.05, 4.69) is 121 Å². The molecule has 0 aliphatic heterocycles. The number of hydrogen-bond acceptors (Lipinski definition) is 0. The molecule has 5 aromatic rings. The predicted molar refractivity (Wildman–Crippen MR) is 132 cm³/mol. The van der Waals surface area contributed by atoms with Crippen LogP contribution >= 0.6 is 0 Å². The summed E-state index contributed by atoms with van der Waals surface area (Å²) < 4.78 is 0. The summed E-state index contributed by atoms with van der Waals surface area (Å²) in [5.41, 5.74) is 14.1. The molecule has 2 bridgehead atoms. The van der Waals surface area contributed by atoms with Gasteiger partial charge >= 0.3 is 0 Å². The van der Waals surface area contributed by atoms with E-state index in [1.54, 1.807) is 0 Å². The minimum Gasteiger partial charge on any atom is -0.0622 e. The second-order valence-electron chi connectivity index (χ2n) is 8.85. The molecular formula is C32H22. The number of hydrogen-bond donors (Lipinski definition) is 0. The van der Waals surface area contributed by atoms with Gasteiger partial charge in [0.05, 0.1) is 0 Å². The van der Waals surface area contributed by atoms with E-state index in [0.717, 1.165) is 0 Å². The highest BCUT2D eigenvalue weighted by Gasteiger charge is 2.42. The fourth-order valence-corrected chi connectivity index (χ4v) is 6.03. The smallest absolute Gasteiger partial charge is 0.0355 e. The van der Waals surface area contributed by atoms with Crippen LogP contribution in [-0.4, -0.2) is 0 Å². The second kappa shape index (κ2) is 6.80. The van der Waals surface area contributed by atoms with Gasteiger partial charge in [0.1, 0.15) is 0 Å². The molecule has 150 valence electrons. The lowest BCUT2D eigenvalue weighted by molar-refractivity contribution is 0.756. The molecule has 0 saturated heterocycles. The molecule has 0 nitrogen and oxygen atoms in total. The van der Waals surface area contributed by atoms with Crippen LogP contribution in [0.3, 0.4) is 0 Å². The van der Waals surface area contributed by atoms with Crippen LogP contribution in [0.4, 0.5) is 0 Å². The van der Waals surface area contributed by atoms with Crippen LogP contribution in [0.25, 0.3) is 22.3 Å². The van der Waals surface area contributed by atoms with Crippen LogP contribution < -0.4 is 0 Å². The summed E-state index contributed by atoms with van der Waals surface area (Å²) >= 11 is 0. The maximum absolute atomic E-state index is 2.40. The molecule has 0 spiro atoms. The molecule has 0 fully saturated rings. The minimum atomic E-state index is 0.265. The molecule has 0 unspecified atom stereocenters. The molecule has 0 saturated carbocycles. The van der Waals surface area contributed by atoms with E-state index in [0.29, 0.717) is 5.92 Å². The topological polar surface area (TPSA) is 0 Å². The molecule has 0 N–H and O–H groups in total. The Morgan fingerprint density at radius 2 is 0.812 bits per heavy atom. The highest BCUT2D eigenvalue weighted by Crippen LogP contribution is 2.58. The van der Waals surface area contributed by atoms with Gasteiger partial charge in [-0.25, -0.2) is 0 Å². The van der Waals surface area contributed by atoms with Gasteiger partial charge in [-0.05, 0) is 55.6 Å². The first-order chi connectivity index (χ1) is 15.9. The van der Waals surface area contributed by atoms with E-state index < -0.39 is 0 Å². The van der Waals surface area contributed by atoms with Crippen molar-refractivity contribution in [2.24, 2.45) is 0 Å². The molecule has 0 heteroatoms. The lowest BCUT2D eigenvalue weighted by atomic mass is 9.59. The first-order valence-electron chi connectivity index (χ1n) is 11.4. The second-order valence-corrected chi connectivity index (χ2v) is 8.85. The highest BCUT2D eigenvalue weighted by molar-refractivity contribution is 5.90. The Hall–Kier alpha value is -3.90. The third-order valence-corrected chi connectivity index (χ3v) is 7.26. The van der Waals surface area contributed by atoms with Gasteiger partial charge in [0.25, 0.3) is 0 Å². The molecule has 0 radical (unpaired) electrons. The van der Waals surface area contributed by atoms with Crippen molar-refractivity contribution < 1.29 is 0 Å². The number of benzene rings is 5. The van der Waals surface area contributed by atoms with Crippen molar-refractivity contribution in [1.29, 1.82) is 0 Å². The fourth-order valence-electron chi connectivity index (χ4n) is 6.03. The molecule has 0 heterocycles. The van der Waals surface area contributed by atoms with Crippen LogP contribution in [0.15, 0.2) is 121 Å². The summed E-state index contributed by atoms with van der Waals surface area (Å²) in [6.45, 7) is 0. The zero-order valence-electron chi connectivity index (χ0n) is 17.7. The molecule has 0 aromatic heterocycles. The van der Waals surface area contributed by atoms with Crippen LogP contribution in [0.2, 0.25) is 0 Å². The lowest BCUT2D eigenvalue weighted by Gasteiger charge is -2.43. The van der Waals surface area contributed by atoms with E-state index in [9.17, 15) is 0 Å². The van der Waals surface area contributed by atoms with Crippen LogP contribution in [0.1, 0.15) is 45.2 Å². The van der Waals surface area contributed by atoms with Crippen LogP contribution in [0, 0.1) is 0 Å². The van der Waals surface area contributed by atoms with Crippen LogP contribution in [-0.2, 0) is 0 Å². The standard InChI is InChI=1S/C32H22/c1-3-11-21(12-4-1)23-19-20-28-30-24-15-7-9-17-26(24)31(27-18-10-8-16-25(27)30)32(28)29(23)22-13-5-2-6-14-22/h1-20,30-31H. The van der Waals surface area contributed by atoms with Gasteiger partial charge in [-0.1, -0.05) is 121 Å². The zero-order valence-corrected chi connectivity index (χ0v) is 17.7. The van der Waals surface area contributed by atoms with E-state index >= 15 is 0 Å². The Morgan fingerprint density at radius 3 is 1.38 bits per heavy atom. The Morgan fingerprint density at radius 1 is 0.344 bits per heavy atom. The van der Waals surface area contributed by atoms with Gasteiger partial charge in [-0.15, -0.1) is 0 Å². The number of rotatable bonds is 2. The third-order valence-electron chi connectivity index (χ3n) is 7.26. The Labute approximate surface area is 188 Å². The normalized spacial score (nSPS) is 17.4. The third kappa shape index (κ3) is 2.38. The van der Waals surface area contributed by atoms with Crippen molar-refractivity contribution in [2.75, 3.05) is 0 Å². The fraction of sp³-hybridized carbons (Fsp3) is 0.0625. The maximum Gasteiger partial charge on any atom is 0.0355 e. The molecule has 5 aromatic carbocycles. The molecule has 8 rings (SSSR count). The van der Waals surface area contributed by atoms with Gasteiger partial charge in [0, 0.05) is 11.8 Å². The molecule has 0 atom stereocenters. The Kier molecular flexibility index (Phi) is 3.77. The lowest BCUT2D eigenvalue weighted by Crippen LogP contribution is -2.28. The summed E-state index contributed by atoms with van der Waals surface area (Å²) in [5.74, 6) is 0.566. The van der Waals surface area contributed by atoms with Crippen molar-refractivity contribution in [3.8, 4) is 22.3 Å². The Balaban J connectivity index is 1.61. The average molecular weight is 407 g/mol. The quantitative estimate of drug-likeness (QED) is 0.273. The predicted octanol–water partition coefficient (Wildman–Crippen LogP) is 8.01.